The van der Waals surface area contributed by atoms with Gasteiger partial charge in [-0.3, -0.25) is 4.90 Å². The summed E-state index contributed by atoms with van der Waals surface area (Å²) in [6, 6.07) is 0.117. The molecule has 2 aliphatic heterocycles. The van der Waals surface area contributed by atoms with Crippen LogP contribution in [-0.4, -0.2) is 136 Å². The number of halogens is 3. The molecule has 42 heavy (non-hydrogen) atoms. The minimum absolute atomic E-state index is 0.00639. The molecule has 2 fully saturated rings. The van der Waals surface area contributed by atoms with Crippen molar-refractivity contribution in [3.63, 3.8) is 0 Å². The van der Waals surface area contributed by atoms with Gasteiger partial charge in [0, 0.05) is 18.7 Å². The lowest BCUT2D eigenvalue weighted by atomic mass is 9.87. The second-order valence-electron chi connectivity index (χ2n) is 10.5. The SMILES string of the molecule is CCN(C)[C@@H](O)C(S[C@@H]1O[C@H](CO)[C@H](O)[C@H](n2cc(-c3cc(F)c(F)c(F)c3)nn2)[C@H]1O)C1(O)CCN(C(=O)O)CC1. The summed E-state index contributed by atoms with van der Waals surface area (Å²) in [7, 11) is 1.62. The molecular weight excluding hydrogens is 587 g/mol. The highest BCUT2D eigenvalue weighted by atomic mass is 32.2. The first kappa shape index (κ1) is 32.4. The second kappa shape index (κ2) is 13.0. The number of rotatable bonds is 9. The van der Waals surface area contributed by atoms with Crippen LogP contribution in [0.2, 0.25) is 0 Å². The Balaban J connectivity index is 1.63. The average Bonchev–Trinajstić information content (AvgIpc) is 3.44. The number of hydrogen-bond acceptors (Lipinski definition) is 11. The zero-order chi connectivity index (χ0) is 30.9. The highest BCUT2D eigenvalue weighted by molar-refractivity contribution is 8.00. The molecule has 0 spiro atoms. The van der Waals surface area contributed by atoms with Gasteiger partial charge in [-0.05, 0) is 38.6 Å². The van der Waals surface area contributed by atoms with Crippen molar-refractivity contribution in [2.45, 2.75) is 66.6 Å². The number of ether oxygens (including phenoxy) is 1. The quantitative estimate of drug-likeness (QED) is 0.166. The van der Waals surface area contributed by atoms with Crippen LogP contribution in [0.25, 0.3) is 11.3 Å². The van der Waals surface area contributed by atoms with E-state index < -0.39 is 77.0 Å². The number of benzene rings is 1. The Kier molecular flexibility index (Phi) is 10.0. The molecule has 1 amide bonds. The Bertz CT molecular complexity index is 1230. The van der Waals surface area contributed by atoms with E-state index in [1.807, 2.05) is 0 Å². The van der Waals surface area contributed by atoms with Gasteiger partial charge in [-0.2, -0.15) is 0 Å². The van der Waals surface area contributed by atoms with Gasteiger partial charge < -0.3 is 40.3 Å². The van der Waals surface area contributed by atoms with Crippen molar-refractivity contribution >= 4 is 17.9 Å². The van der Waals surface area contributed by atoms with Crippen LogP contribution >= 0.6 is 11.8 Å². The van der Waals surface area contributed by atoms with Crippen LogP contribution in [-0.2, 0) is 4.74 Å². The van der Waals surface area contributed by atoms with Crippen LogP contribution in [0.5, 0.6) is 0 Å². The van der Waals surface area contributed by atoms with Crippen molar-refractivity contribution in [1.29, 1.82) is 0 Å². The molecule has 3 heterocycles. The number of aromatic nitrogens is 3. The molecule has 0 saturated carbocycles. The lowest BCUT2D eigenvalue weighted by Gasteiger charge is -2.48. The Morgan fingerprint density at radius 3 is 2.38 bits per heavy atom. The molecule has 2 aromatic rings. The van der Waals surface area contributed by atoms with Crippen molar-refractivity contribution in [3.05, 3.63) is 35.8 Å². The minimum atomic E-state index is -1.66. The van der Waals surface area contributed by atoms with Crippen LogP contribution in [0, 0.1) is 17.5 Å². The summed E-state index contributed by atoms with van der Waals surface area (Å²) in [5, 5.41) is 71.1. The van der Waals surface area contributed by atoms with E-state index in [4.69, 9.17) is 4.74 Å². The maximum Gasteiger partial charge on any atom is 0.407 e. The zero-order valence-electron chi connectivity index (χ0n) is 22.8. The molecule has 234 valence electrons. The van der Waals surface area contributed by atoms with Crippen molar-refractivity contribution in [2.24, 2.45) is 0 Å². The maximum absolute atomic E-state index is 13.8. The van der Waals surface area contributed by atoms with Crippen LogP contribution in [0.1, 0.15) is 25.8 Å². The van der Waals surface area contributed by atoms with Crippen LogP contribution in [0.15, 0.2) is 18.3 Å². The van der Waals surface area contributed by atoms with E-state index in [-0.39, 0.29) is 37.2 Å². The molecule has 6 N–H and O–H groups in total. The van der Waals surface area contributed by atoms with Gasteiger partial charge in [-0.25, -0.2) is 22.6 Å². The van der Waals surface area contributed by atoms with Gasteiger partial charge in [0.2, 0.25) is 0 Å². The first-order chi connectivity index (χ1) is 19.8. The number of thioether (sulfide) groups is 1. The molecule has 1 aromatic carbocycles. The average molecular weight is 622 g/mol. The van der Waals surface area contributed by atoms with E-state index in [1.165, 1.54) is 6.20 Å². The molecule has 7 atom stereocenters. The highest BCUT2D eigenvalue weighted by Crippen LogP contribution is 2.43. The summed E-state index contributed by atoms with van der Waals surface area (Å²) >= 11 is 0.864. The number of hydrogen-bond donors (Lipinski definition) is 6. The van der Waals surface area contributed by atoms with E-state index in [9.17, 15) is 48.6 Å². The summed E-state index contributed by atoms with van der Waals surface area (Å²) < 4.78 is 47.9. The molecule has 17 heteroatoms. The van der Waals surface area contributed by atoms with Gasteiger partial charge in [-0.15, -0.1) is 16.9 Å². The van der Waals surface area contributed by atoms with E-state index in [0.29, 0.717) is 18.7 Å². The highest BCUT2D eigenvalue weighted by Gasteiger charge is 2.52. The maximum atomic E-state index is 13.8. The number of aliphatic hydroxyl groups is 5. The first-order valence-electron chi connectivity index (χ1n) is 13.2. The molecule has 2 saturated heterocycles. The number of carboxylic acid groups (broad SMARTS) is 1. The standard InChI is InChI=1S/C25H34F3N5O8S/c1-3-31(2)22(37)21(25(40)4-6-32(7-5-25)24(38)39)42-23-20(36)18(19(35)16(11-34)41-23)33-10-15(29-30-33)12-8-13(26)17(28)14(27)9-12/h8-10,16,18-23,34-37,40H,3-7,11H2,1-2H3,(H,38,39)/t16-,18+,19+,20-,21?,22+,23+/m1/s1. The van der Waals surface area contributed by atoms with Crippen molar-refractivity contribution in [1.82, 2.24) is 24.8 Å². The van der Waals surface area contributed by atoms with Gasteiger partial charge >= 0.3 is 6.09 Å². The third kappa shape index (κ3) is 6.37. The third-order valence-electron chi connectivity index (χ3n) is 7.88. The predicted molar refractivity (Wildman–Crippen MR) is 142 cm³/mol. The fraction of sp³-hybridized carbons (Fsp3) is 0.640. The summed E-state index contributed by atoms with van der Waals surface area (Å²) in [4.78, 5) is 14.1. The largest absolute Gasteiger partial charge is 0.465 e. The molecule has 1 aromatic heterocycles. The van der Waals surface area contributed by atoms with Crippen molar-refractivity contribution in [2.75, 3.05) is 33.3 Å². The summed E-state index contributed by atoms with van der Waals surface area (Å²) in [5.74, 6) is -4.56. The van der Waals surface area contributed by atoms with Gasteiger partial charge in [0.25, 0.3) is 0 Å². The number of nitrogens with zero attached hydrogens (tertiary/aromatic N) is 5. The molecule has 0 radical (unpaired) electrons. The fourth-order valence-electron chi connectivity index (χ4n) is 5.16. The lowest BCUT2D eigenvalue weighted by molar-refractivity contribution is -0.179. The molecule has 0 bridgehead atoms. The smallest absolute Gasteiger partial charge is 0.407 e. The van der Waals surface area contributed by atoms with Crippen LogP contribution in [0.4, 0.5) is 18.0 Å². The Labute approximate surface area is 243 Å². The number of likely N-dealkylation sites (tertiary alicyclic amines) is 1. The van der Waals surface area contributed by atoms with Crippen LogP contribution < -0.4 is 0 Å². The van der Waals surface area contributed by atoms with E-state index in [0.717, 1.165) is 21.3 Å². The number of carbonyl (C=O) groups is 1. The molecular formula is C25H34F3N5O8S. The second-order valence-corrected chi connectivity index (χ2v) is 11.7. The minimum Gasteiger partial charge on any atom is -0.465 e. The molecule has 2 aliphatic rings. The van der Waals surface area contributed by atoms with E-state index in [1.54, 1.807) is 18.9 Å². The Hall–Kier alpha value is -2.51. The van der Waals surface area contributed by atoms with Gasteiger partial charge in [0.1, 0.15) is 41.7 Å². The summed E-state index contributed by atoms with van der Waals surface area (Å²) in [6.45, 7) is 1.50. The number of amides is 1. The van der Waals surface area contributed by atoms with Crippen molar-refractivity contribution in [3.8, 4) is 11.3 Å². The number of aliphatic hydroxyl groups excluding tert-OH is 4. The monoisotopic (exact) mass is 621 g/mol. The Morgan fingerprint density at radius 1 is 1.21 bits per heavy atom. The first-order valence-corrected chi connectivity index (χ1v) is 14.2. The third-order valence-corrected chi connectivity index (χ3v) is 9.51. The fourth-order valence-corrected chi connectivity index (χ4v) is 6.81. The molecule has 0 aliphatic carbocycles. The van der Waals surface area contributed by atoms with Crippen LogP contribution in [0.3, 0.4) is 0 Å². The normalized spacial score (nSPS) is 27.7. The molecule has 4 rings (SSSR count). The van der Waals surface area contributed by atoms with Crippen molar-refractivity contribution < 1.29 is 53.3 Å². The topological polar surface area (TPSA) is 185 Å². The Morgan fingerprint density at radius 2 is 1.83 bits per heavy atom. The van der Waals surface area contributed by atoms with E-state index >= 15 is 0 Å². The summed E-state index contributed by atoms with van der Waals surface area (Å²) in [5.41, 5.74) is -3.09. The zero-order valence-corrected chi connectivity index (χ0v) is 23.6. The lowest BCUT2D eigenvalue weighted by Crippen LogP contribution is -2.60. The predicted octanol–water partition coefficient (Wildman–Crippen LogP) is 0.219. The van der Waals surface area contributed by atoms with Gasteiger partial charge in [0.05, 0.1) is 23.7 Å². The number of piperidine rings is 1. The van der Waals surface area contributed by atoms with Gasteiger partial charge in [-0.1, -0.05) is 12.1 Å². The van der Waals surface area contributed by atoms with E-state index in [2.05, 4.69) is 10.3 Å². The van der Waals surface area contributed by atoms with Gasteiger partial charge in [0.15, 0.2) is 17.5 Å². The summed E-state index contributed by atoms with van der Waals surface area (Å²) in [6.07, 6.45) is -5.63. The molecule has 1 unspecified atom stereocenters. The molecule has 13 nitrogen and oxygen atoms in total.